The van der Waals surface area contributed by atoms with Gasteiger partial charge >= 0.3 is 18.3 Å². The zero-order valence-corrected chi connectivity index (χ0v) is 47.0. The van der Waals surface area contributed by atoms with Crippen LogP contribution in [0.25, 0.3) is 0 Å². The number of carbonyl (C=O) groups excluding carboxylic acids is 5. The molecule has 2 aliphatic carbocycles. The Bertz CT molecular complexity index is 2490. The molecule has 3 aliphatic heterocycles. The maximum absolute atomic E-state index is 16.5. The van der Waals surface area contributed by atoms with E-state index in [1.807, 2.05) is 0 Å². The lowest BCUT2D eigenvalue weighted by Gasteiger charge is -2.36. The van der Waals surface area contributed by atoms with Crippen molar-refractivity contribution in [2.24, 2.45) is 23.7 Å². The number of hydrogen-bond donors (Lipinski definition) is 4. The quantitative estimate of drug-likeness (QED) is 0.107. The SMILES string of the molecule is CC(C)(C)OC(=O)NC[C@@H]1CN([C@@H]2CC[C@H](NC(=O)C3CCC(C(F)(F)c4cc(Cl)nc(N5CCN(S(=O)(=O)c6ccc(N7C[C@H](NC(=O)OC(C)(C)C)CC7=O)cc6)CC5)c4)CC3)C2)C[C@@H]1CNC(=O)OC(C)(C)C. The fourth-order valence-electron chi connectivity index (χ4n) is 11.0. The molecule has 2 aromatic rings. The molecule has 19 nitrogen and oxygen atoms in total. The lowest BCUT2D eigenvalue weighted by molar-refractivity contribution is -0.129. The maximum Gasteiger partial charge on any atom is 0.407 e. The Morgan fingerprint density at radius 3 is 1.82 bits per heavy atom. The summed E-state index contributed by atoms with van der Waals surface area (Å²) in [6.45, 7) is 18.8. The van der Waals surface area contributed by atoms with Crippen molar-refractivity contribution in [2.45, 2.75) is 159 Å². The number of rotatable bonds is 14. The molecule has 5 amide bonds. The first-order chi connectivity index (χ1) is 35.4. The first kappa shape index (κ1) is 58.6. The van der Waals surface area contributed by atoms with Gasteiger partial charge in [-0.3, -0.25) is 14.5 Å². The minimum Gasteiger partial charge on any atom is -0.444 e. The van der Waals surface area contributed by atoms with Crippen LogP contribution in [0.4, 0.5) is 34.7 Å². The second-order valence-corrected chi connectivity index (χ2v) is 26.4. The van der Waals surface area contributed by atoms with E-state index in [-0.39, 0.29) is 109 Å². The third-order valence-corrected chi connectivity index (χ3v) is 16.8. The summed E-state index contributed by atoms with van der Waals surface area (Å²) in [5, 5.41) is 11.6. The molecule has 1 aromatic heterocycles. The van der Waals surface area contributed by atoms with Gasteiger partial charge in [-0.2, -0.15) is 4.31 Å². The van der Waals surface area contributed by atoms with Crippen LogP contribution in [0.15, 0.2) is 41.3 Å². The number of alkyl halides is 2. The van der Waals surface area contributed by atoms with E-state index in [1.54, 1.807) is 79.3 Å². The van der Waals surface area contributed by atoms with Gasteiger partial charge in [-0.1, -0.05) is 11.6 Å². The number of carbonyl (C=O) groups is 5. The second kappa shape index (κ2) is 23.5. The summed E-state index contributed by atoms with van der Waals surface area (Å²) in [5.74, 6) is -4.77. The van der Waals surface area contributed by atoms with Crippen molar-refractivity contribution >= 4 is 63.2 Å². The second-order valence-electron chi connectivity index (χ2n) is 24.1. The van der Waals surface area contributed by atoms with Crippen LogP contribution in [0.3, 0.4) is 0 Å². The number of nitrogens with zero attached hydrogens (tertiary/aromatic N) is 5. The topological polar surface area (TPSA) is 221 Å². The summed E-state index contributed by atoms with van der Waals surface area (Å²) in [7, 11) is -3.96. The molecule has 2 saturated carbocycles. The number of likely N-dealkylation sites (tertiary alicyclic amines) is 1. The van der Waals surface area contributed by atoms with Crippen LogP contribution in [0.5, 0.6) is 0 Å². The molecule has 7 rings (SSSR count). The molecule has 76 heavy (non-hydrogen) atoms. The molecular formula is C53H78ClF2N9O10S. The molecule has 0 radical (unpaired) electrons. The Kier molecular flexibility index (Phi) is 18.1. The molecule has 0 spiro atoms. The largest absolute Gasteiger partial charge is 0.444 e. The number of aromatic nitrogens is 1. The van der Waals surface area contributed by atoms with Crippen molar-refractivity contribution in [3.8, 4) is 0 Å². The number of benzene rings is 1. The Hall–Kier alpha value is -5.06. The molecule has 0 unspecified atom stereocenters. The zero-order valence-electron chi connectivity index (χ0n) is 45.4. The Morgan fingerprint density at radius 2 is 1.26 bits per heavy atom. The highest BCUT2D eigenvalue weighted by Crippen LogP contribution is 2.46. The molecule has 422 valence electrons. The van der Waals surface area contributed by atoms with E-state index in [1.165, 1.54) is 33.5 Å². The normalized spacial score (nSPS) is 25.3. The zero-order chi connectivity index (χ0) is 55.5. The smallest absolute Gasteiger partial charge is 0.407 e. The number of ether oxygens (including phenoxy) is 3. The Labute approximate surface area is 451 Å². The monoisotopic (exact) mass is 1110 g/mol. The molecule has 5 aliphatic rings. The number of anilines is 2. The van der Waals surface area contributed by atoms with E-state index in [4.69, 9.17) is 25.8 Å². The number of halogens is 3. The van der Waals surface area contributed by atoms with Gasteiger partial charge in [0.05, 0.1) is 10.9 Å². The van der Waals surface area contributed by atoms with E-state index in [9.17, 15) is 32.4 Å². The van der Waals surface area contributed by atoms with E-state index >= 15 is 8.78 Å². The van der Waals surface area contributed by atoms with Gasteiger partial charge in [0.2, 0.25) is 21.8 Å². The number of hydrogen-bond acceptors (Lipinski definition) is 13. The highest BCUT2D eigenvalue weighted by atomic mass is 35.5. The van der Waals surface area contributed by atoms with Crippen molar-refractivity contribution in [3.05, 3.63) is 47.1 Å². The van der Waals surface area contributed by atoms with Crippen LogP contribution in [0.2, 0.25) is 5.15 Å². The molecule has 5 atom stereocenters. The summed E-state index contributed by atoms with van der Waals surface area (Å²) in [6, 6.07) is 8.12. The van der Waals surface area contributed by atoms with Gasteiger partial charge in [-0.25, -0.2) is 36.6 Å². The molecule has 1 aromatic carbocycles. The van der Waals surface area contributed by atoms with E-state index in [2.05, 4.69) is 31.2 Å². The minimum absolute atomic E-state index is 0.0309. The lowest BCUT2D eigenvalue weighted by Crippen LogP contribution is -2.49. The van der Waals surface area contributed by atoms with Gasteiger partial charge in [-0.15, -0.1) is 0 Å². The molecule has 4 N–H and O–H groups in total. The van der Waals surface area contributed by atoms with Gasteiger partial charge in [0.1, 0.15) is 27.8 Å². The molecule has 23 heteroatoms. The molecule has 4 heterocycles. The van der Waals surface area contributed by atoms with Crippen LogP contribution in [0, 0.1) is 23.7 Å². The van der Waals surface area contributed by atoms with Crippen molar-refractivity contribution in [1.82, 2.24) is 35.5 Å². The average molecular weight is 1110 g/mol. The minimum atomic E-state index is -3.96. The fraction of sp³-hybridized carbons (Fsp3) is 0.698. The summed E-state index contributed by atoms with van der Waals surface area (Å²) >= 11 is 6.40. The van der Waals surface area contributed by atoms with E-state index in [0.717, 1.165) is 19.3 Å². The summed E-state index contributed by atoms with van der Waals surface area (Å²) in [6.07, 6.45) is 1.68. The Morgan fingerprint density at radius 1 is 0.711 bits per heavy atom. The number of piperazine rings is 1. The molecule has 5 fully saturated rings. The number of nitrogens with one attached hydrogen (secondary N) is 4. The predicted octanol–water partition coefficient (Wildman–Crippen LogP) is 7.41. The first-order valence-corrected chi connectivity index (χ1v) is 28.4. The van der Waals surface area contributed by atoms with Gasteiger partial charge in [0.25, 0.3) is 5.92 Å². The van der Waals surface area contributed by atoms with Gasteiger partial charge in [-0.05, 0) is 155 Å². The lowest BCUT2D eigenvalue weighted by atomic mass is 9.77. The predicted molar refractivity (Wildman–Crippen MR) is 283 cm³/mol. The number of pyridine rings is 1. The van der Waals surface area contributed by atoms with Crippen LogP contribution in [0.1, 0.15) is 119 Å². The number of amides is 5. The van der Waals surface area contributed by atoms with Crippen LogP contribution in [-0.2, 0) is 39.7 Å². The van der Waals surface area contributed by atoms with Crippen molar-refractivity contribution in [3.63, 3.8) is 0 Å². The highest BCUT2D eigenvalue weighted by molar-refractivity contribution is 7.89. The Balaban J connectivity index is 0.874. The van der Waals surface area contributed by atoms with E-state index < -0.39 is 68.9 Å². The average Bonchev–Trinajstić information content (AvgIpc) is 4.07. The van der Waals surface area contributed by atoms with Crippen LogP contribution >= 0.6 is 11.6 Å². The number of alkyl carbamates (subject to hydrolysis) is 3. The standard InChI is InChI=1S/C53H78ClF2N9O10S/c1-50(2,3)73-47(68)57-28-34-30-63(31-35(34)29-58-48(69)74-51(4,5)6)41-15-14-38(26-41)59-46(67)33-10-12-36(13-11-33)53(55,56)37-24-43(54)61-44(25-37)62-20-22-64(23-21-62)76(71,72)42-18-16-40(17-19-42)65-32-39(27-45(65)66)60-49(70)75-52(7,8)9/h16-19,24-25,33-36,38-39,41H,10-15,20-23,26-32H2,1-9H3,(H,57,68)(H,58,69)(H,59,67)(H,60,70)/t33?,34-,35+,36?,38-,39+,41+/m0/s1. The van der Waals surface area contributed by atoms with Gasteiger partial charge < -0.3 is 45.3 Å². The third-order valence-electron chi connectivity index (χ3n) is 14.7. The molecular weight excluding hydrogens is 1030 g/mol. The number of sulfonamides is 1. The fourth-order valence-corrected chi connectivity index (χ4v) is 12.6. The first-order valence-electron chi connectivity index (χ1n) is 26.6. The van der Waals surface area contributed by atoms with E-state index in [0.29, 0.717) is 44.7 Å². The molecule has 3 saturated heterocycles. The van der Waals surface area contributed by atoms with Crippen LogP contribution in [-0.4, -0.2) is 147 Å². The maximum atomic E-state index is 16.5. The molecule has 0 bridgehead atoms. The third kappa shape index (κ3) is 15.6. The van der Waals surface area contributed by atoms with Gasteiger partial charge in [0, 0.05) is 100 Å². The van der Waals surface area contributed by atoms with Crippen LogP contribution < -0.4 is 31.1 Å². The van der Waals surface area contributed by atoms with Crippen molar-refractivity contribution in [1.29, 1.82) is 0 Å². The van der Waals surface area contributed by atoms with Gasteiger partial charge in [0.15, 0.2) is 0 Å². The van der Waals surface area contributed by atoms with Crippen molar-refractivity contribution < 1.29 is 55.4 Å². The summed E-state index contributed by atoms with van der Waals surface area (Å²) in [5.41, 5.74) is -1.78. The highest BCUT2D eigenvalue weighted by Gasteiger charge is 2.46. The summed E-state index contributed by atoms with van der Waals surface area (Å²) in [4.78, 5) is 73.9. The summed E-state index contributed by atoms with van der Waals surface area (Å²) < 4.78 is 78.0. The van der Waals surface area contributed by atoms with Crippen molar-refractivity contribution in [2.75, 3.05) is 68.7 Å².